The van der Waals surface area contributed by atoms with Gasteiger partial charge in [0.15, 0.2) is 0 Å². The number of halogens is 1. The maximum absolute atomic E-state index is 13.3. The summed E-state index contributed by atoms with van der Waals surface area (Å²) in [7, 11) is 0. The first-order valence-corrected chi connectivity index (χ1v) is 12.0. The highest BCUT2D eigenvalue weighted by atomic mass is 35.5. The van der Waals surface area contributed by atoms with Crippen LogP contribution >= 0.6 is 11.6 Å². The van der Waals surface area contributed by atoms with E-state index in [2.05, 4.69) is 36.7 Å². The Balaban J connectivity index is 1.45. The molecule has 9 heteroatoms. The Kier molecular flexibility index (Phi) is 6.60. The topological polar surface area (TPSA) is 108 Å². The highest BCUT2D eigenvalue weighted by molar-refractivity contribution is 6.30. The van der Waals surface area contributed by atoms with E-state index in [0.717, 1.165) is 11.3 Å². The zero-order valence-electron chi connectivity index (χ0n) is 20.0. The maximum atomic E-state index is 13.3. The van der Waals surface area contributed by atoms with Crippen LogP contribution in [-0.4, -0.2) is 40.7 Å². The van der Waals surface area contributed by atoms with Crippen LogP contribution < -0.4 is 16.0 Å². The number of carbonyl (C=O) groups excluding carboxylic acids is 4. The van der Waals surface area contributed by atoms with Gasteiger partial charge < -0.3 is 16.0 Å². The molecule has 8 nitrogen and oxygen atoms in total. The molecule has 1 aliphatic carbocycles. The summed E-state index contributed by atoms with van der Waals surface area (Å²) in [6, 6.07) is 12.6. The quantitative estimate of drug-likeness (QED) is 0.523. The van der Waals surface area contributed by atoms with Gasteiger partial charge in [0.25, 0.3) is 11.8 Å². The second kappa shape index (κ2) is 9.34. The molecule has 0 radical (unpaired) electrons. The van der Waals surface area contributed by atoms with E-state index in [1.807, 2.05) is 0 Å². The summed E-state index contributed by atoms with van der Waals surface area (Å²) in [6.45, 7) is 5.81. The van der Waals surface area contributed by atoms with Crippen LogP contribution in [0.25, 0.3) is 0 Å². The van der Waals surface area contributed by atoms with Crippen molar-refractivity contribution < 1.29 is 19.2 Å². The van der Waals surface area contributed by atoms with Gasteiger partial charge in [0, 0.05) is 10.7 Å². The normalized spacial score (nSPS) is 23.2. The molecule has 2 fully saturated rings. The molecule has 1 heterocycles. The molecule has 0 bridgehead atoms. The zero-order chi connectivity index (χ0) is 25.4. The number of hydrogen-bond acceptors (Lipinski definition) is 4. The van der Waals surface area contributed by atoms with Gasteiger partial charge >= 0.3 is 6.03 Å². The fourth-order valence-corrected chi connectivity index (χ4v) is 5.63. The van der Waals surface area contributed by atoms with Crippen LogP contribution in [0.4, 0.5) is 16.2 Å². The Hall–Kier alpha value is -3.39. The number of anilines is 2. The number of amides is 5. The maximum Gasteiger partial charge on any atom is 0.325 e. The smallest absolute Gasteiger partial charge is 0.324 e. The Morgan fingerprint density at radius 3 is 2.43 bits per heavy atom. The molecule has 4 rings (SSSR count). The minimum Gasteiger partial charge on any atom is -0.324 e. The lowest BCUT2D eigenvalue weighted by Gasteiger charge is -2.43. The van der Waals surface area contributed by atoms with Crippen molar-refractivity contribution in [2.45, 2.75) is 45.6 Å². The number of carbonyl (C=O) groups is 4. The van der Waals surface area contributed by atoms with Crippen LogP contribution in [0.5, 0.6) is 0 Å². The second-order valence-electron chi connectivity index (χ2n) is 10.3. The predicted octanol–water partition coefficient (Wildman–Crippen LogP) is 4.67. The Labute approximate surface area is 209 Å². The average Bonchev–Trinajstić information content (AvgIpc) is 2.97. The standard InChI is InChI=1S/C26H29ClN4O4/c1-16-12-25(2,3)15-26(13-16)23(34)31(24(35)30-26)14-21(32)29-20-7-5-4-6-19(20)22(33)28-18-10-8-17(27)9-11-18/h4-11,16H,12-15H2,1-3H3,(H,28,33)(H,29,32)(H,30,35). The van der Waals surface area contributed by atoms with E-state index in [1.54, 1.807) is 48.5 Å². The number of rotatable bonds is 5. The number of benzene rings is 2. The van der Waals surface area contributed by atoms with E-state index >= 15 is 0 Å². The van der Waals surface area contributed by atoms with Gasteiger partial charge in [-0.15, -0.1) is 0 Å². The Morgan fingerprint density at radius 1 is 1.06 bits per heavy atom. The summed E-state index contributed by atoms with van der Waals surface area (Å²) in [4.78, 5) is 52.7. The molecule has 2 atom stereocenters. The molecule has 35 heavy (non-hydrogen) atoms. The first-order valence-electron chi connectivity index (χ1n) is 11.6. The first-order chi connectivity index (χ1) is 16.5. The van der Waals surface area contributed by atoms with E-state index in [-0.39, 0.29) is 28.5 Å². The predicted molar refractivity (Wildman–Crippen MR) is 134 cm³/mol. The number of nitrogens with zero attached hydrogens (tertiary/aromatic N) is 1. The summed E-state index contributed by atoms with van der Waals surface area (Å²) in [5.74, 6) is -1.09. The van der Waals surface area contributed by atoms with Gasteiger partial charge in [0.2, 0.25) is 5.91 Å². The van der Waals surface area contributed by atoms with Gasteiger partial charge in [-0.3, -0.25) is 19.3 Å². The summed E-state index contributed by atoms with van der Waals surface area (Å²) >= 11 is 5.89. The van der Waals surface area contributed by atoms with Gasteiger partial charge in [0.1, 0.15) is 12.1 Å². The molecule has 184 valence electrons. The average molecular weight is 497 g/mol. The van der Waals surface area contributed by atoms with Crippen molar-refractivity contribution in [1.82, 2.24) is 10.2 Å². The van der Waals surface area contributed by atoms with Crippen LogP contribution in [0.2, 0.25) is 5.02 Å². The Morgan fingerprint density at radius 2 is 1.74 bits per heavy atom. The lowest BCUT2D eigenvalue weighted by Crippen LogP contribution is -2.54. The van der Waals surface area contributed by atoms with E-state index in [4.69, 9.17) is 11.6 Å². The number of nitrogens with one attached hydrogen (secondary N) is 3. The molecule has 0 aromatic heterocycles. The third-order valence-corrected chi connectivity index (χ3v) is 6.73. The van der Waals surface area contributed by atoms with Crippen LogP contribution in [0.15, 0.2) is 48.5 Å². The minimum atomic E-state index is -0.977. The van der Waals surface area contributed by atoms with Gasteiger partial charge in [0.05, 0.1) is 11.3 Å². The van der Waals surface area contributed by atoms with E-state index in [1.165, 1.54) is 0 Å². The van der Waals surface area contributed by atoms with Crippen molar-refractivity contribution in [2.75, 3.05) is 17.2 Å². The molecule has 2 aliphatic rings. The summed E-state index contributed by atoms with van der Waals surface area (Å²) in [5.41, 5.74) is -0.00950. The molecule has 1 aliphatic heterocycles. The minimum absolute atomic E-state index is 0.102. The van der Waals surface area contributed by atoms with Crippen molar-refractivity contribution >= 4 is 46.7 Å². The summed E-state index contributed by atoms with van der Waals surface area (Å²) in [5, 5.41) is 8.85. The molecule has 2 aromatic rings. The second-order valence-corrected chi connectivity index (χ2v) is 10.7. The van der Waals surface area contributed by atoms with Crippen LogP contribution in [0.1, 0.15) is 50.4 Å². The monoisotopic (exact) mass is 496 g/mol. The third kappa shape index (κ3) is 5.32. The molecule has 3 N–H and O–H groups in total. The molecule has 1 saturated heterocycles. The Bertz CT molecular complexity index is 1180. The van der Waals surface area contributed by atoms with Crippen molar-refractivity contribution in [3.63, 3.8) is 0 Å². The van der Waals surface area contributed by atoms with Crippen LogP contribution in [-0.2, 0) is 9.59 Å². The van der Waals surface area contributed by atoms with E-state index in [9.17, 15) is 19.2 Å². The largest absolute Gasteiger partial charge is 0.325 e. The summed E-state index contributed by atoms with van der Waals surface area (Å²) in [6.07, 6.45) is 2.04. The van der Waals surface area contributed by atoms with Crippen molar-refractivity contribution in [3.05, 3.63) is 59.1 Å². The fraction of sp³-hybridized carbons (Fsp3) is 0.385. The number of hydrogen-bond donors (Lipinski definition) is 3. The summed E-state index contributed by atoms with van der Waals surface area (Å²) < 4.78 is 0. The van der Waals surface area contributed by atoms with Crippen molar-refractivity contribution in [3.8, 4) is 0 Å². The molecule has 2 unspecified atom stereocenters. The third-order valence-electron chi connectivity index (χ3n) is 6.47. The van der Waals surface area contributed by atoms with E-state index in [0.29, 0.717) is 23.6 Å². The first kappa shape index (κ1) is 24.7. The van der Waals surface area contributed by atoms with Crippen molar-refractivity contribution in [2.24, 2.45) is 11.3 Å². The highest BCUT2D eigenvalue weighted by Crippen LogP contribution is 2.46. The molecular formula is C26H29ClN4O4. The molecule has 5 amide bonds. The fourth-order valence-electron chi connectivity index (χ4n) is 5.50. The van der Waals surface area contributed by atoms with Gasteiger partial charge in [-0.25, -0.2) is 4.79 Å². The lowest BCUT2D eigenvalue weighted by atomic mass is 9.64. The highest BCUT2D eigenvalue weighted by Gasteiger charge is 2.56. The molecule has 1 spiro atoms. The molecule has 1 saturated carbocycles. The molecular weight excluding hydrogens is 468 g/mol. The zero-order valence-corrected chi connectivity index (χ0v) is 20.7. The van der Waals surface area contributed by atoms with Crippen LogP contribution in [0, 0.1) is 11.3 Å². The van der Waals surface area contributed by atoms with Crippen molar-refractivity contribution in [1.29, 1.82) is 0 Å². The van der Waals surface area contributed by atoms with Crippen LogP contribution in [0.3, 0.4) is 0 Å². The SMILES string of the molecule is CC1CC(C)(C)CC2(C1)NC(=O)N(CC(=O)Nc1ccccc1C(=O)Nc1ccc(Cl)cc1)C2=O. The molecule has 2 aromatic carbocycles. The van der Waals surface area contributed by atoms with Gasteiger partial charge in [-0.1, -0.05) is 44.5 Å². The van der Waals surface area contributed by atoms with Gasteiger partial charge in [-0.2, -0.15) is 0 Å². The number of urea groups is 1. The van der Waals surface area contributed by atoms with E-state index < -0.39 is 29.9 Å². The lowest BCUT2D eigenvalue weighted by molar-refractivity contribution is -0.136. The van der Waals surface area contributed by atoms with Gasteiger partial charge in [-0.05, 0) is 67.0 Å². The number of imide groups is 1. The number of para-hydroxylation sites is 1.